The predicted octanol–water partition coefficient (Wildman–Crippen LogP) is 16.1. The molecular formula is C95H105N11O9S2+2. The van der Waals surface area contributed by atoms with Gasteiger partial charge in [0.1, 0.15) is 36.2 Å². The highest BCUT2D eigenvalue weighted by molar-refractivity contribution is 7.89. The Bertz CT molecular complexity index is 5720. The number of unbranched alkanes of at least 4 members (excludes halogenated alkanes) is 3. The van der Waals surface area contributed by atoms with Gasteiger partial charge in [-0.25, -0.2) is 13.1 Å². The maximum Gasteiger partial charge on any atom is 0.325 e. The average Bonchev–Trinajstić information content (AvgIpc) is 1.58. The number of nitrogens with one attached hydrogen (secondary N) is 3. The number of fused-ring (bicyclic) bond motifs is 6. The lowest BCUT2D eigenvalue weighted by Crippen LogP contribution is -2.47. The molecule has 20 nitrogen and oxygen atoms in total. The van der Waals surface area contributed by atoms with Crippen LogP contribution in [0.1, 0.15) is 158 Å². The zero-order chi connectivity index (χ0) is 81.8. The number of para-hydroxylation sites is 4. The Kier molecular flexibility index (Phi) is 23.9. The van der Waals surface area contributed by atoms with E-state index in [0.29, 0.717) is 54.0 Å². The molecule has 6 aromatic carbocycles. The van der Waals surface area contributed by atoms with E-state index in [1.165, 1.54) is 65.4 Å². The van der Waals surface area contributed by atoms with E-state index in [1.54, 1.807) is 29.8 Å². The number of ether oxygens (including phenoxy) is 1. The monoisotopic (exact) mass is 1610 g/mol. The number of carbonyl (C=O) groups excluding carboxylic acids is 5. The van der Waals surface area contributed by atoms with Crippen LogP contribution in [-0.4, -0.2) is 126 Å². The molecule has 0 bridgehead atoms. The molecule has 0 spiro atoms. The van der Waals surface area contributed by atoms with Crippen molar-refractivity contribution in [2.24, 2.45) is 11.8 Å². The fourth-order valence-electron chi connectivity index (χ4n) is 17.8. The Labute approximate surface area is 689 Å². The Morgan fingerprint density at radius 2 is 1.49 bits per heavy atom. The lowest BCUT2D eigenvalue weighted by molar-refractivity contribution is -0.433. The van der Waals surface area contributed by atoms with Crippen LogP contribution < -0.4 is 35.7 Å². The molecule has 7 aliphatic rings. The molecule has 8 heterocycles. The van der Waals surface area contributed by atoms with Crippen LogP contribution in [0, 0.1) is 11.8 Å². The Morgan fingerprint density at radius 1 is 0.744 bits per heavy atom. The molecule has 0 radical (unpaired) electrons. The molecule has 1 saturated heterocycles. The molecule has 0 unspecified atom stereocenters. The molecule has 0 saturated carbocycles. The number of hydrogen-bond donors (Lipinski definition) is 3. The fraction of sp³-hybridized carbons (Fsp3) is 0.358. The van der Waals surface area contributed by atoms with Crippen LogP contribution >= 0.6 is 11.3 Å². The van der Waals surface area contributed by atoms with Gasteiger partial charge in [0.05, 0.1) is 33.7 Å². The number of anilines is 3. The van der Waals surface area contributed by atoms with E-state index < -0.39 is 58.3 Å². The summed E-state index contributed by atoms with van der Waals surface area (Å²) in [7, 11) is -4.17. The van der Waals surface area contributed by atoms with Crippen LogP contribution in [0.25, 0.3) is 33.4 Å². The number of amides is 3. The number of benzene rings is 7. The highest BCUT2D eigenvalue weighted by atomic mass is 32.2. The molecule has 1 aliphatic carbocycles. The number of ketones is 1. The van der Waals surface area contributed by atoms with Gasteiger partial charge in [-0.15, -0.1) is 5.10 Å². The molecule has 2 aromatic heterocycles. The minimum Gasteiger partial charge on any atom is -0.456 e. The highest BCUT2D eigenvalue weighted by Crippen LogP contribution is 2.49. The second kappa shape index (κ2) is 34.5. The molecule has 117 heavy (non-hydrogen) atoms. The van der Waals surface area contributed by atoms with Gasteiger partial charge in [-0.3, -0.25) is 24.0 Å². The second-order valence-electron chi connectivity index (χ2n) is 32.9. The largest absolute Gasteiger partial charge is 0.456 e. The standard InChI is InChI=1S/C95H103N11O9S2/c1-9-102-78-35-22-18-31-74(78)93(4,5)86(102)39-12-10-13-40-87-94(6,7)75-32-19-23-36-79(75)105(87)52-27-11-14-41-88(108)96-51-26-25-37-80(106-61-85(99-100-106)95(8,64(2)3)98-92(111)68-50-57-116-63-68)81(107)62-114-89(109)60-97-91(110)67-46-53-101(54-47-67)117(112,113)84-38-24-17-30-73(84)90-71-44-42-69(103-55-48-65-28-15-20-33-76(65)103)58-82(71)115-83-59-70(43-45-72(83)90)104-56-49-66-29-16-21-34-77(66)104/h10,12-13,15-24,28-36,38-40,42-45,50,57-59,61,63-64,67,80H,9,11,14,25-27,37,41,46-49,51-56,60,62H2,1-8H3,(H-2,96,97,98,108,110,111)/p+2/t80-,95-/m0/s1. The van der Waals surface area contributed by atoms with E-state index in [1.807, 2.05) is 50.4 Å². The summed E-state index contributed by atoms with van der Waals surface area (Å²) in [6, 6.07) is 54.4. The number of rotatable bonds is 30. The van der Waals surface area contributed by atoms with Crippen molar-refractivity contribution in [2.45, 2.75) is 153 Å². The number of sulfonamides is 1. The minimum atomic E-state index is -4.17. The van der Waals surface area contributed by atoms with Crippen LogP contribution in [-0.2, 0) is 63.1 Å². The van der Waals surface area contributed by atoms with E-state index in [2.05, 4.69) is 232 Å². The number of piperidine rings is 1. The zero-order valence-corrected chi connectivity index (χ0v) is 69.8. The highest BCUT2D eigenvalue weighted by Gasteiger charge is 2.45. The number of Topliss-reactive ketones (excluding diaryl/α,β-unsaturated/α-hetero) is 1. The third kappa shape index (κ3) is 16.5. The normalized spacial score (nSPS) is 17.4. The molecule has 8 aromatic rings. The molecule has 6 aliphatic heterocycles. The summed E-state index contributed by atoms with van der Waals surface area (Å²) in [5.41, 5.74) is 15.7. The number of thiophene rings is 1. The van der Waals surface area contributed by atoms with Gasteiger partial charge in [-0.1, -0.05) is 149 Å². The summed E-state index contributed by atoms with van der Waals surface area (Å²) in [4.78, 5) is 73.6. The van der Waals surface area contributed by atoms with E-state index >= 15 is 8.42 Å². The molecule has 22 heteroatoms. The number of nitrogens with zero attached hydrogens (tertiary/aromatic N) is 8. The Hall–Kier alpha value is -11.2. The van der Waals surface area contributed by atoms with Crippen molar-refractivity contribution < 1.29 is 46.1 Å². The van der Waals surface area contributed by atoms with Gasteiger partial charge in [0, 0.05) is 149 Å². The van der Waals surface area contributed by atoms with Crippen molar-refractivity contribution >= 4 is 96.0 Å². The maximum absolute atomic E-state index is 15.2. The first-order valence-electron chi connectivity index (χ1n) is 41.3. The molecule has 3 amide bonds. The van der Waals surface area contributed by atoms with Crippen molar-refractivity contribution in [3.05, 3.63) is 256 Å². The fourth-order valence-corrected chi connectivity index (χ4v) is 20.1. The number of esters is 1. The number of hydrogen-bond acceptors (Lipinski definition) is 14. The van der Waals surface area contributed by atoms with Crippen molar-refractivity contribution in [2.75, 3.05) is 68.8 Å². The number of aromatic nitrogens is 3. The molecule has 3 N–H and O–H groups in total. The summed E-state index contributed by atoms with van der Waals surface area (Å²) >= 11 is 1.41. The topological polar surface area (TPSA) is 224 Å². The van der Waals surface area contributed by atoms with Crippen LogP contribution in [0.4, 0.5) is 28.4 Å². The van der Waals surface area contributed by atoms with Crippen LogP contribution in [0.2, 0.25) is 0 Å². The second-order valence-corrected chi connectivity index (χ2v) is 35.5. The number of allylic oxidation sites excluding steroid dienone is 6. The van der Waals surface area contributed by atoms with Crippen LogP contribution in [0.5, 0.6) is 0 Å². The van der Waals surface area contributed by atoms with Crippen LogP contribution in [0.3, 0.4) is 0 Å². The zero-order valence-electron chi connectivity index (χ0n) is 68.1. The Balaban J connectivity index is 0.557. The van der Waals surface area contributed by atoms with E-state index in [-0.39, 0.29) is 65.8 Å². The quantitative estimate of drug-likeness (QED) is 0.0125. The van der Waals surface area contributed by atoms with Crippen molar-refractivity contribution in [1.82, 2.24) is 39.8 Å². The summed E-state index contributed by atoms with van der Waals surface area (Å²) in [5, 5.41) is 23.2. The summed E-state index contributed by atoms with van der Waals surface area (Å²) < 4.78 is 50.6. The van der Waals surface area contributed by atoms with Crippen molar-refractivity contribution in [3.8, 4) is 22.5 Å². The molecule has 15 rings (SSSR count). The predicted molar refractivity (Wildman–Crippen MR) is 462 cm³/mol. The molecule has 1 fully saturated rings. The third-order valence-corrected chi connectivity index (χ3v) is 27.3. The first kappa shape index (κ1) is 81.0. The van der Waals surface area contributed by atoms with Gasteiger partial charge in [0.2, 0.25) is 38.6 Å². The summed E-state index contributed by atoms with van der Waals surface area (Å²) in [5.74, 6) is -2.21. The Morgan fingerprint density at radius 3 is 2.27 bits per heavy atom. The maximum atomic E-state index is 15.2. The van der Waals surface area contributed by atoms with Gasteiger partial charge in [0.25, 0.3) is 5.91 Å². The van der Waals surface area contributed by atoms with Gasteiger partial charge < -0.3 is 34.9 Å². The van der Waals surface area contributed by atoms with Gasteiger partial charge in [0.15, 0.2) is 24.6 Å². The minimum absolute atomic E-state index is 0.0474. The number of carbonyl (C=O) groups is 5. The smallest absolute Gasteiger partial charge is 0.325 e. The summed E-state index contributed by atoms with van der Waals surface area (Å²) in [6.07, 6.45) is 18.9. The summed E-state index contributed by atoms with van der Waals surface area (Å²) in [6.45, 7) is 19.8. The van der Waals surface area contributed by atoms with Crippen molar-refractivity contribution in [1.29, 1.82) is 0 Å². The SMILES string of the molecule is CC[N+]1=C(/C=C/C=C/C=C2/N(CCCCCC(=O)NCCCC[C@@H](C(=O)COC(=O)CNC(=O)C3CCN(S(=O)(=O)c4ccccc4-c4c5ccc(=[N+]6CCc7ccccc76)cc-5oc5cc(N6CCc7ccccc76)ccc45)CC3)n3cc([C@@](C)(NC(=O)c4ccsc4)C(C)C)nn3)c3ccccc3C2(C)C)C(C)(C)c2ccccc21. The molecular weight excluding hydrogens is 1500 g/mol. The first-order chi connectivity index (χ1) is 56.5. The lowest BCUT2D eigenvalue weighted by Gasteiger charge is -2.32. The van der Waals surface area contributed by atoms with E-state index in [9.17, 15) is 24.0 Å². The van der Waals surface area contributed by atoms with E-state index in [4.69, 9.17) is 9.15 Å². The van der Waals surface area contributed by atoms with Crippen LogP contribution in [0.15, 0.2) is 226 Å². The van der Waals surface area contributed by atoms with Gasteiger partial charge >= 0.3 is 5.97 Å². The van der Waals surface area contributed by atoms with Gasteiger partial charge in [-0.2, -0.15) is 24.8 Å². The molecule has 2 atom stereocenters. The van der Waals surface area contributed by atoms with Gasteiger partial charge in [-0.05, 0) is 150 Å². The lowest BCUT2D eigenvalue weighted by atomic mass is 9.81. The molecule has 604 valence electrons. The van der Waals surface area contributed by atoms with Crippen molar-refractivity contribution in [3.63, 3.8) is 0 Å². The van der Waals surface area contributed by atoms with E-state index in [0.717, 1.165) is 97.2 Å². The third-order valence-electron chi connectivity index (χ3n) is 24.7. The first-order valence-corrected chi connectivity index (χ1v) is 43.7. The average molecular weight is 1610 g/mol.